The molecular formula is C26H27N5O3. The van der Waals surface area contributed by atoms with Gasteiger partial charge in [-0.25, -0.2) is 4.99 Å². The number of hydrogen-bond acceptors (Lipinski definition) is 7. The molecule has 0 radical (unpaired) electrons. The molecule has 174 valence electrons. The third-order valence-electron chi connectivity index (χ3n) is 7.67. The van der Waals surface area contributed by atoms with E-state index < -0.39 is 5.54 Å². The number of hydrogen-bond donors (Lipinski definition) is 1. The zero-order chi connectivity index (χ0) is 23.4. The van der Waals surface area contributed by atoms with Crippen molar-refractivity contribution < 1.29 is 14.3 Å². The Morgan fingerprint density at radius 1 is 1.24 bits per heavy atom. The average molecular weight is 458 g/mol. The molecule has 1 aromatic carbocycles. The number of ether oxygens (including phenoxy) is 2. The molecule has 0 saturated heterocycles. The highest BCUT2D eigenvalue weighted by molar-refractivity contribution is 6.07. The summed E-state index contributed by atoms with van der Waals surface area (Å²) >= 11 is 0. The van der Waals surface area contributed by atoms with Gasteiger partial charge in [-0.2, -0.15) is 5.26 Å². The fourth-order valence-electron chi connectivity index (χ4n) is 5.60. The Morgan fingerprint density at radius 3 is 2.82 bits per heavy atom. The summed E-state index contributed by atoms with van der Waals surface area (Å²) in [6.45, 7) is 0.790. The molecule has 4 atom stereocenters. The van der Waals surface area contributed by atoms with E-state index in [-0.39, 0.29) is 30.0 Å². The fourth-order valence-corrected chi connectivity index (χ4v) is 5.60. The first-order valence-electron chi connectivity index (χ1n) is 11.9. The van der Waals surface area contributed by atoms with Gasteiger partial charge in [0.2, 0.25) is 0 Å². The second kappa shape index (κ2) is 7.81. The number of likely N-dealkylation sites (N-methyl/N-ethyl adjacent to an activating group) is 1. The Kier molecular flexibility index (Phi) is 4.85. The fraction of sp³-hybridized carbons (Fsp3) is 0.462. The van der Waals surface area contributed by atoms with Crippen LogP contribution in [0.5, 0.6) is 5.75 Å². The maximum atomic E-state index is 13.8. The molecular weight excluding hydrogens is 430 g/mol. The number of guanidine groups is 1. The molecule has 2 fully saturated rings. The van der Waals surface area contributed by atoms with Crippen LogP contribution in [0.15, 0.2) is 41.7 Å². The number of nitrogens with two attached hydrogens (primary N) is 1. The number of carbonyl (C=O) groups excluding carboxylic acids is 1. The minimum Gasteiger partial charge on any atom is -0.490 e. The zero-order valence-electron chi connectivity index (χ0n) is 19.1. The lowest BCUT2D eigenvalue weighted by Gasteiger charge is -2.47. The summed E-state index contributed by atoms with van der Waals surface area (Å²) in [5.74, 6) is 1.26. The van der Waals surface area contributed by atoms with E-state index >= 15 is 0 Å². The number of fused-ring (bicyclic) bond motifs is 4. The minimum absolute atomic E-state index is 0.0821. The van der Waals surface area contributed by atoms with Crippen molar-refractivity contribution >= 4 is 11.9 Å². The summed E-state index contributed by atoms with van der Waals surface area (Å²) in [7, 11) is 1.67. The van der Waals surface area contributed by atoms with E-state index in [0.29, 0.717) is 29.2 Å². The van der Waals surface area contributed by atoms with Crippen molar-refractivity contribution in [3.63, 3.8) is 0 Å². The number of rotatable bonds is 4. The lowest BCUT2D eigenvalue weighted by atomic mass is 9.66. The third kappa shape index (κ3) is 3.26. The molecule has 8 nitrogen and oxygen atoms in total. The van der Waals surface area contributed by atoms with E-state index in [1.54, 1.807) is 19.3 Å². The van der Waals surface area contributed by atoms with Crippen molar-refractivity contribution in [1.29, 1.82) is 5.26 Å². The van der Waals surface area contributed by atoms with E-state index in [4.69, 9.17) is 20.2 Å². The predicted molar refractivity (Wildman–Crippen MR) is 125 cm³/mol. The Hall–Kier alpha value is -3.44. The van der Waals surface area contributed by atoms with Crippen LogP contribution in [-0.2, 0) is 15.1 Å². The summed E-state index contributed by atoms with van der Waals surface area (Å²) in [5.41, 5.74) is 7.91. The van der Waals surface area contributed by atoms with Crippen LogP contribution in [0, 0.1) is 23.2 Å². The summed E-state index contributed by atoms with van der Waals surface area (Å²) in [5, 5.41) is 9.29. The summed E-state index contributed by atoms with van der Waals surface area (Å²) < 4.78 is 12.7. The smallest absolute Gasteiger partial charge is 0.262 e. The summed E-state index contributed by atoms with van der Waals surface area (Å²) in [6.07, 6.45) is 8.10. The molecule has 8 heteroatoms. The highest BCUT2D eigenvalue weighted by atomic mass is 16.5. The number of amides is 1. The highest BCUT2D eigenvalue weighted by Gasteiger charge is 2.61. The number of benzene rings is 1. The van der Waals surface area contributed by atoms with Gasteiger partial charge in [0, 0.05) is 43.1 Å². The van der Waals surface area contributed by atoms with Crippen LogP contribution in [0.4, 0.5) is 0 Å². The van der Waals surface area contributed by atoms with Gasteiger partial charge in [0.15, 0.2) is 11.5 Å². The molecule has 2 aliphatic carbocycles. The van der Waals surface area contributed by atoms with Crippen molar-refractivity contribution in [2.75, 3.05) is 13.7 Å². The van der Waals surface area contributed by atoms with Crippen molar-refractivity contribution in [1.82, 2.24) is 9.88 Å². The van der Waals surface area contributed by atoms with Gasteiger partial charge in [-0.05, 0) is 61.8 Å². The Morgan fingerprint density at radius 2 is 2.09 bits per heavy atom. The first-order valence-corrected chi connectivity index (χ1v) is 11.9. The predicted octanol–water partition coefficient (Wildman–Crippen LogP) is 2.96. The van der Waals surface area contributed by atoms with Crippen LogP contribution in [0.3, 0.4) is 0 Å². The van der Waals surface area contributed by atoms with Crippen molar-refractivity contribution in [3.05, 3.63) is 47.8 Å². The maximum absolute atomic E-state index is 13.8. The van der Waals surface area contributed by atoms with Crippen LogP contribution >= 0.6 is 0 Å². The molecule has 34 heavy (non-hydrogen) atoms. The van der Waals surface area contributed by atoms with Gasteiger partial charge in [0.05, 0.1) is 11.7 Å². The Labute approximate surface area is 198 Å². The van der Waals surface area contributed by atoms with Crippen LogP contribution in [-0.4, -0.2) is 47.6 Å². The van der Waals surface area contributed by atoms with Crippen LogP contribution < -0.4 is 10.5 Å². The second-order valence-electron chi connectivity index (χ2n) is 9.86. The largest absolute Gasteiger partial charge is 0.490 e. The molecule has 1 spiro atoms. The molecule has 2 aliphatic heterocycles. The molecule has 0 bridgehead atoms. The molecule has 6 rings (SSSR count). The van der Waals surface area contributed by atoms with Gasteiger partial charge < -0.3 is 15.2 Å². The van der Waals surface area contributed by atoms with Gasteiger partial charge >= 0.3 is 0 Å². The summed E-state index contributed by atoms with van der Waals surface area (Å²) in [6, 6.07) is 9.71. The monoisotopic (exact) mass is 457 g/mol. The number of pyridine rings is 1. The van der Waals surface area contributed by atoms with Gasteiger partial charge in [-0.3, -0.25) is 14.7 Å². The molecule has 2 aromatic rings. The normalized spacial score (nSPS) is 29.8. The SMILES string of the molecule is CN1C(=O)[C@]2(N=C1N)c1cc(-c3cncc(C#N)c3)ccc1OC1CC[C@H](OCC3CC3)C[C@@H]12. The van der Waals surface area contributed by atoms with Gasteiger partial charge in [-0.15, -0.1) is 0 Å². The van der Waals surface area contributed by atoms with Gasteiger partial charge in [0.25, 0.3) is 5.91 Å². The molecule has 3 heterocycles. The van der Waals surface area contributed by atoms with Crippen LogP contribution in [0.25, 0.3) is 11.1 Å². The van der Waals surface area contributed by atoms with E-state index in [1.165, 1.54) is 23.9 Å². The molecule has 2 saturated carbocycles. The number of nitrogens with zero attached hydrogens (tertiary/aromatic N) is 4. The zero-order valence-corrected chi connectivity index (χ0v) is 19.1. The lowest BCUT2D eigenvalue weighted by Crippen LogP contribution is -2.55. The van der Waals surface area contributed by atoms with Crippen molar-refractivity contribution in [2.45, 2.75) is 49.9 Å². The van der Waals surface area contributed by atoms with E-state index in [1.807, 2.05) is 18.2 Å². The van der Waals surface area contributed by atoms with Crippen molar-refractivity contribution in [2.24, 2.45) is 22.6 Å². The minimum atomic E-state index is -1.14. The van der Waals surface area contributed by atoms with Gasteiger partial charge in [-0.1, -0.05) is 6.07 Å². The molecule has 2 N–H and O–H groups in total. The molecule has 4 aliphatic rings. The topological polar surface area (TPSA) is 114 Å². The van der Waals surface area contributed by atoms with E-state index in [9.17, 15) is 10.1 Å². The Bertz CT molecular complexity index is 1230. The first-order chi connectivity index (χ1) is 16.5. The van der Waals surface area contributed by atoms with E-state index in [0.717, 1.165) is 30.6 Å². The number of aliphatic imine (C=N–C) groups is 1. The number of carbonyl (C=O) groups is 1. The molecule has 1 aromatic heterocycles. The second-order valence-corrected chi connectivity index (χ2v) is 9.86. The highest BCUT2D eigenvalue weighted by Crippen LogP contribution is 2.54. The van der Waals surface area contributed by atoms with Gasteiger partial charge in [0.1, 0.15) is 17.9 Å². The summed E-state index contributed by atoms with van der Waals surface area (Å²) in [4.78, 5) is 24.3. The maximum Gasteiger partial charge on any atom is 0.262 e. The third-order valence-corrected chi connectivity index (χ3v) is 7.67. The Balaban J connectivity index is 1.44. The van der Waals surface area contributed by atoms with Crippen LogP contribution in [0.2, 0.25) is 0 Å². The number of nitriles is 1. The van der Waals surface area contributed by atoms with Crippen molar-refractivity contribution in [3.8, 4) is 22.9 Å². The lowest BCUT2D eigenvalue weighted by molar-refractivity contribution is -0.139. The molecule has 1 amide bonds. The number of aromatic nitrogens is 1. The standard InChI is InChI=1S/C26H27N5O3/c1-31-24(32)26(30-25(31)28)20-9-17(18-8-16(11-27)12-29-13-18)4-6-22(20)34-23-7-5-19(10-21(23)26)33-14-15-2-3-15/h4,6,8-9,12-13,15,19,21,23H,2-3,5,7,10,14H2,1H3,(H2,28,30)/t19-,21-,23?,26-/m0/s1. The quantitative estimate of drug-likeness (QED) is 0.755. The van der Waals surface area contributed by atoms with Crippen LogP contribution in [0.1, 0.15) is 43.2 Å². The average Bonchev–Trinajstić information content (AvgIpc) is 3.67. The molecule has 1 unspecified atom stereocenters. The van der Waals surface area contributed by atoms with E-state index in [2.05, 4.69) is 11.1 Å². The first kappa shape index (κ1) is 21.1.